The van der Waals surface area contributed by atoms with Crippen molar-refractivity contribution in [2.45, 2.75) is 18.9 Å². The fraction of sp³-hybridized carbons (Fsp3) is 0.412. The zero-order valence-electron chi connectivity index (χ0n) is 14.1. The van der Waals surface area contributed by atoms with Crippen LogP contribution in [0.4, 0.5) is 13.2 Å². The molecule has 3 rings (SSSR count). The molecular formula is C17H17F3N2O5. The highest BCUT2D eigenvalue weighted by molar-refractivity contribution is 5.91. The minimum atomic E-state index is -4.46. The average molecular weight is 386 g/mol. The van der Waals surface area contributed by atoms with Gasteiger partial charge in [-0.05, 0) is 18.2 Å². The number of aromatic nitrogens is 1. The Hall–Kier alpha value is -2.59. The van der Waals surface area contributed by atoms with Gasteiger partial charge in [0.2, 0.25) is 5.89 Å². The van der Waals surface area contributed by atoms with E-state index < -0.39 is 17.6 Å². The van der Waals surface area contributed by atoms with E-state index in [4.69, 9.17) is 18.6 Å². The predicted molar refractivity (Wildman–Crippen MR) is 85.2 cm³/mol. The Morgan fingerprint density at radius 1 is 1.33 bits per heavy atom. The lowest BCUT2D eigenvalue weighted by Crippen LogP contribution is -2.39. The lowest BCUT2D eigenvalue weighted by molar-refractivity contribution is -0.137. The van der Waals surface area contributed by atoms with Gasteiger partial charge in [-0.3, -0.25) is 4.79 Å². The number of halogens is 3. The fourth-order valence-electron chi connectivity index (χ4n) is 2.34. The van der Waals surface area contributed by atoms with Gasteiger partial charge in [0.1, 0.15) is 12.0 Å². The van der Waals surface area contributed by atoms with Crippen molar-refractivity contribution in [3.63, 3.8) is 0 Å². The third kappa shape index (κ3) is 5.44. The Labute approximate surface area is 152 Å². The number of hydrogen-bond donors (Lipinski definition) is 1. The second-order valence-electron chi connectivity index (χ2n) is 5.72. The Morgan fingerprint density at radius 3 is 2.93 bits per heavy atom. The fourth-order valence-corrected chi connectivity index (χ4v) is 2.34. The van der Waals surface area contributed by atoms with Crippen LogP contribution in [0, 0.1) is 0 Å². The van der Waals surface area contributed by atoms with Gasteiger partial charge in [-0.25, -0.2) is 4.98 Å². The Morgan fingerprint density at radius 2 is 2.19 bits per heavy atom. The van der Waals surface area contributed by atoms with Crippen LogP contribution in [0.15, 0.2) is 34.9 Å². The molecule has 1 atom stereocenters. The van der Waals surface area contributed by atoms with Crippen LogP contribution in [-0.2, 0) is 22.3 Å². The van der Waals surface area contributed by atoms with E-state index in [1.165, 1.54) is 12.1 Å². The van der Waals surface area contributed by atoms with E-state index >= 15 is 0 Å². The number of ether oxygens (including phenoxy) is 3. The summed E-state index contributed by atoms with van der Waals surface area (Å²) in [6.45, 7) is 1.45. The first-order valence-electron chi connectivity index (χ1n) is 8.14. The third-order valence-corrected chi connectivity index (χ3v) is 3.68. The van der Waals surface area contributed by atoms with Crippen molar-refractivity contribution in [2.24, 2.45) is 0 Å². The van der Waals surface area contributed by atoms with Gasteiger partial charge in [0, 0.05) is 6.54 Å². The molecule has 1 aromatic carbocycles. The summed E-state index contributed by atoms with van der Waals surface area (Å²) in [6.07, 6.45) is -3.53. The molecule has 1 aliphatic heterocycles. The lowest BCUT2D eigenvalue weighted by Gasteiger charge is -2.22. The first kappa shape index (κ1) is 19.2. The first-order chi connectivity index (χ1) is 12.9. The number of nitrogens with zero attached hydrogens (tertiary/aromatic N) is 1. The van der Waals surface area contributed by atoms with Gasteiger partial charge in [-0.1, -0.05) is 6.07 Å². The molecule has 146 valence electrons. The van der Waals surface area contributed by atoms with Crippen LogP contribution < -0.4 is 10.1 Å². The first-order valence-corrected chi connectivity index (χ1v) is 8.14. The van der Waals surface area contributed by atoms with Crippen LogP contribution in [0.1, 0.15) is 21.9 Å². The molecule has 1 amide bonds. The van der Waals surface area contributed by atoms with Crippen molar-refractivity contribution >= 4 is 5.91 Å². The number of carbonyl (C=O) groups is 1. The molecule has 2 aromatic rings. The van der Waals surface area contributed by atoms with E-state index in [0.717, 1.165) is 18.4 Å². The van der Waals surface area contributed by atoms with Crippen molar-refractivity contribution in [1.29, 1.82) is 0 Å². The number of nitrogens with one attached hydrogen (secondary N) is 1. The maximum atomic E-state index is 12.7. The van der Waals surface area contributed by atoms with E-state index in [-0.39, 0.29) is 36.6 Å². The minimum absolute atomic E-state index is 0.0171. The number of carbonyl (C=O) groups excluding carboxylic acids is 1. The summed E-state index contributed by atoms with van der Waals surface area (Å²) in [4.78, 5) is 16.0. The largest absolute Gasteiger partial charge is 0.484 e. The number of alkyl halides is 3. The van der Waals surface area contributed by atoms with Crippen LogP contribution in [0.2, 0.25) is 0 Å². The molecule has 0 unspecified atom stereocenters. The SMILES string of the molecule is O=C(NC[C@@H]1COCCO1)c1coc(COc2cccc(C(F)(F)F)c2)n1. The molecule has 0 radical (unpaired) electrons. The van der Waals surface area contributed by atoms with Crippen molar-refractivity contribution in [3.8, 4) is 5.75 Å². The number of hydrogen-bond acceptors (Lipinski definition) is 6. The van der Waals surface area contributed by atoms with Crippen LogP contribution in [0.5, 0.6) is 5.75 Å². The smallest absolute Gasteiger partial charge is 0.416 e. The quantitative estimate of drug-likeness (QED) is 0.821. The van der Waals surface area contributed by atoms with Crippen molar-refractivity contribution < 1.29 is 36.6 Å². The van der Waals surface area contributed by atoms with E-state index in [1.807, 2.05) is 0 Å². The lowest BCUT2D eigenvalue weighted by atomic mass is 10.2. The van der Waals surface area contributed by atoms with Crippen LogP contribution in [0.25, 0.3) is 0 Å². The van der Waals surface area contributed by atoms with E-state index in [9.17, 15) is 18.0 Å². The molecule has 0 aliphatic carbocycles. The van der Waals surface area contributed by atoms with Gasteiger partial charge in [0.25, 0.3) is 5.91 Å². The van der Waals surface area contributed by atoms with Crippen molar-refractivity contribution in [3.05, 3.63) is 47.7 Å². The number of benzene rings is 1. The molecule has 0 saturated carbocycles. The van der Waals surface area contributed by atoms with Crippen LogP contribution in [0.3, 0.4) is 0 Å². The summed E-state index contributed by atoms with van der Waals surface area (Å²) >= 11 is 0. The predicted octanol–water partition coefficient (Wildman–Crippen LogP) is 2.42. The molecule has 1 N–H and O–H groups in total. The molecule has 27 heavy (non-hydrogen) atoms. The molecular weight excluding hydrogens is 369 g/mol. The zero-order valence-corrected chi connectivity index (χ0v) is 14.1. The topological polar surface area (TPSA) is 82.8 Å². The molecule has 7 nitrogen and oxygen atoms in total. The zero-order chi connectivity index (χ0) is 19.3. The highest BCUT2D eigenvalue weighted by Crippen LogP contribution is 2.31. The number of oxazole rings is 1. The molecule has 1 saturated heterocycles. The third-order valence-electron chi connectivity index (χ3n) is 3.68. The van der Waals surface area contributed by atoms with E-state index in [2.05, 4.69) is 10.3 Å². The highest BCUT2D eigenvalue weighted by atomic mass is 19.4. The van der Waals surface area contributed by atoms with Crippen LogP contribution in [-0.4, -0.2) is 43.4 Å². The summed E-state index contributed by atoms with van der Waals surface area (Å²) in [5, 5.41) is 2.65. The summed E-state index contributed by atoms with van der Waals surface area (Å²) in [5.41, 5.74) is -0.782. The summed E-state index contributed by atoms with van der Waals surface area (Å²) in [6, 6.07) is 4.45. The van der Waals surface area contributed by atoms with Crippen molar-refractivity contribution in [2.75, 3.05) is 26.4 Å². The Balaban J connectivity index is 1.51. The summed E-state index contributed by atoms with van der Waals surface area (Å²) in [5.74, 6) is -0.378. The highest BCUT2D eigenvalue weighted by Gasteiger charge is 2.30. The Kier molecular flexibility index (Phi) is 5.97. The number of amides is 1. The number of rotatable bonds is 6. The molecule has 2 heterocycles. The van der Waals surface area contributed by atoms with Gasteiger partial charge in [-0.2, -0.15) is 13.2 Å². The van der Waals surface area contributed by atoms with Gasteiger partial charge >= 0.3 is 6.18 Å². The normalized spacial score (nSPS) is 17.5. The van der Waals surface area contributed by atoms with E-state index in [0.29, 0.717) is 19.8 Å². The molecule has 1 aliphatic rings. The second kappa shape index (κ2) is 8.40. The average Bonchev–Trinajstić information content (AvgIpc) is 3.14. The second-order valence-corrected chi connectivity index (χ2v) is 5.72. The van der Waals surface area contributed by atoms with Gasteiger partial charge in [-0.15, -0.1) is 0 Å². The van der Waals surface area contributed by atoms with Gasteiger partial charge < -0.3 is 23.9 Å². The van der Waals surface area contributed by atoms with Gasteiger partial charge in [0.15, 0.2) is 12.3 Å². The molecule has 0 spiro atoms. The maximum absolute atomic E-state index is 12.7. The molecule has 10 heteroatoms. The minimum Gasteiger partial charge on any atom is -0.484 e. The molecule has 1 fully saturated rings. The summed E-state index contributed by atoms with van der Waals surface area (Å²) in [7, 11) is 0. The standard InChI is InChI=1S/C17H17F3N2O5/c18-17(19,20)11-2-1-3-12(6-11)26-10-15-22-14(9-27-15)16(23)21-7-13-8-24-4-5-25-13/h1-3,6,9,13H,4-5,7-8,10H2,(H,21,23)/t13-/m1/s1. The van der Waals surface area contributed by atoms with Crippen LogP contribution >= 0.6 is 0 Å². The van der Waals surface area contributed by atoms with Gasteiger partial charge in [0.05, 0.1) is 31.5 Å². The molecule has 1 aromatic heterocycles. The monoisotopic (exact) mass is 386 g/mol. The van der Waals surface area contributed by atoms with Crippen molar-refractivity contribution in [1.82, 2.24) is 10.3 Å². The van der Waals surface area contributed by atoms with E-state index in [1.54, 1.807) is 0 Å². The maximum Gasteiger partial charge on any atom is 0.416 e. The summed E-state index contributed by atoms with van der Waals surface area (Å²) < 4.78 is 59.1. The molecule has 0 bridgehead atoms. The Bertz CT molecular complexity index is 772.